The van der Waals surface area contributed by atoms with Gasteiger partial charge in [0.2, 0.25) is 0 Å². The van der Waals surface area contributed by atoms with Crippen molar-refractivity contribution in [1.29, 1.82) is 0 Å². The molecule has 0 radical (unpaired) electrons. The van der Waals surface area contributed by atoms with Gasteiger partial charge in [0, 0.05) is 22.8 Å². The number of thioether (sulfide) groups is 1. The van der Waals surface area contributed by atoms with E-state index in [-0.39, 0.29) is 5.75 Å². The fraction of sp³-hybridized carbons (Fsp3) is 0.118. The highest BCUT2D eigenvalue weighted by atomic mass is 32.2. The normalized spacial score (nSPS) is 11.4. The van der Waals surface area contributed by atoms with Crippen molar-refractivity contribution in [1.82, 2.24) is 9.97 Å². The van der Waals surface area contributed by atoms with Crippen LogP contribution in [0.1, 0.15) is 11.1 Å². The Morgan fingerprint density at radius 2 is 2.17 bits per heavy atom. The maximum absolute atomic E-state index is 11.9. The van der Waals surface area contributed by atoms with E-state index in [1.807, 2.05) is 11.4 Å². The van der Waals surface area contributed by atoms with E-state index in [0.717, 1.165) is 26.2 Å². The number of thiophene rings is 1. The first-order valence-corrected chi connectivity index (χ1v) is 9.06. The number of rotatable bonds is 3. The van der Waals surface area contributed by atoms with E-state index in [1.165, 1.54) is 6.07 Å². The summed E-state index contributed by atoms with van der Waals surface area (Å²) in [6.45, 7) is 1.73. The summed E-state index contributed by atoms with van der Waals surface area (Å²) in [6.07, 6.45) is 1.55. The Kier molecular flexibility index (Phi) is 3.74. The Hall–Kier alpha value is -2.38. The van der Waals surface area contributed by atoms with E-state index >= 15 is 0 Å². The van der Waals surface area contributed by atoms with Crippen LogP contribution in [0.3, 0.4) is 0 Å². The molecule has 7 heteroatoms. The van der Waals surface area contributed by atoms with E-state index in [2.05, 4.69) is 9.97 Å². The van der Waals surface area contributed by atoms with Crippen LogP contribution in [-0.4, -0.2) is 15.1 Å². The lowest BCUT2D eigenvalue weighted by atomic mass is 10.1. The van der Waals surface area contributed by atoms with Crippen LogP contribution in [0.15, 0.2) is 50.2 Å². The number of aromatic nitrogens is 2. The van der Waals surface area contributed by atoms with E-state index in [4.69, 9.17) is 4.42 Å². The molecule has 0 fully saturated rings. The Balaban J connectivity index is 1.76. The molecule has 1 N–H and O–H groups in total. The topological polar surface area (TPSA) is 76.2 Å². The van der Waals surface area contributed by atoms with Crippen LogP contribution in [0, 0.1) is 6.92 Å². The maximum Gasteiger partial charge on any atom is 0.336 e. The number of fused-ring (bicyclic) bond motifs is 2. The minimum Gasteiger partial charge on any atom is -0.508 e. The summed E-state index contributed by atoms with van der Waals surface area (Å²) < 4.78 is 6.32. The van der Waals surface area contributed by atoms with Crippen molar-refractivity contribution in [2.75, 3.05) is 0 Å². The smallest absolute Gasteiger partial charge is 0.336 e. The van der Waals surface area contributed by atoms with Gasteiger partial charge < -0.3 is 9.52 Å². The molecule has 4 aromatic rings. The fourth-order valence-corrected chi connectivity index (χ4v) is 4.49. The first kappa shape index (κ1) is 15.2. The minimum absolute atomic E-state index is 0.117. The van der Waals surface area contributed by atoms with Crippen LogP contribution < -0.4 is 5.63 Å². The van der Waals surface area contributed by atoms with Crippen molar-refractivity contribution in [3.8, 4) is 5.75 Å². The molecule has 0 aliphatic carbocycles. The van der Waals surface area contributed by atoms with E-state index in [0.29, 0.717) is 16.9 Å². The third-order valence-corrected chi connectivity index (χ3v) is 5.87. The zero-order valence-electron chi connectivity index (χ0n) is 12.6. The second-order valence-corrected chi connectivity index (χ2v) is 7.16. The average molecular weight is 356 g/mol. The minimum atomic E-state index is -0.421. The first-order chi connectivity index (χ1) is 11.6. The molecule has 5 nitrogen and oxygen atoms in total. The van der Waals surface area contributed by atoms with Crippen LogP contribution in [-0.2, 0) is 5.75 Å². The zero-order chi connectivity index (χ0) is 16.7. The molecule has 3 heterocycles. The molecule has 0 amide bonds. The maximum atomic E-state index is 11.9. The third-order valence-electron chi connectivity index (χ3n) is 3.79. The van der Waals surface area contributed by atoms with Crippen molar-refractivity contribution in [3.05, 3.63) is 57.5 Å². The SMILES string of the molecule is Cc1c(O)ccc2c(CSc3ncnc4ccsc34)cc(=O)oc12. The Labute approximate surface area is 145 Å². The lowest BCUT2D eigenvalue weighted by Gasteiger charge is -2.08. The number of hydrogen-bond acceptors (Lipinski definition) is 7. The number of benzene rings is 1. The zero-order valence-corrected chi connectivity index (χ0v) is 14.3. The molecule has 4 rings (SSSR count). The Morgan fingerprint density at radius 1 is 1.29 bits per heavy atom. The standard InChI is InChI=1S/C17H12N2O3S2/c1-9-13(20)3-2-11-10(6-14(21)22-15(9)11)7-24-17-16-12(4-5-23-16)18-8-19-17/h2-6,8,20H,7H2,1H3. The van der Waals surface area contributed by atoms with Crippen molar-refractivity contribution in [3.63, 3.8) is 0 Å². The van der Waals surface area contributed by atoms with Crippen LogP contribution in [0.5, 0.6) is 5.75 Å². The first-order valence-electron chi connectivity index (χ1n) is 7.20. The van der Waals surface area contributed by atoms with Gasteiger partial charge in [-0.3, -0.25) is 0 Å². The molecule has 120 valence electrons. The van der Waals surface area contributed by atoms with Crippen LogP contribution in [0.2, 0.25) is 0 Å². The van der Waals surface area contributed by atoms with E-state index < -0.39 is 5.63 Å². The fourth-order valence-electron chi connectivity index (χ4n) is 2.55. The van der Waals surface area contributed by atoms with Gasteiger partial charge in [-0.2, -0.15) is 0 Å². The Bertz CT molecular complexity index is 1120. The quantitative estimate of drug-likeness (QED) is 0.338. The lowest BCUT2D eigenvalue weighted by molar-refractivity contribution is 0.468. The van der Waals surface area contributed by atoms with E-state index in [1.54, 1.807) is 48.5 Å². The highest BCUT2D eigenvalue weighted by Crippen LogP contribution is 2.33. The number of hydrogen-bond donors (Lipinski definition) is 1. The van der Waals surface area contributed by atoms with Gasteiger partial charge in [-0.05, 0) is 36.1 Å². The predicted molar refractivity (Wildman–Crippen MR) is 95.9 cm³/mol. The molecule has 0 spiro atoms. The highest BCUT2D eigenvalue weighted by molar-refractivity contribution is 7.98. The molecule has 0 saturated heterocycles. The molecule has 3 aromatic heterocycles. The van der Waals surface area contributed by atoms with Crippen molar-refractivity contribution >= 4 is 44.3 Å². The molecule has 1 aromatic carbocycles. The number of aryl methyl sites for hydroxylation is 1. The van der Waals surface area contributed by atoms with Gasteiger partial charge in [-0.1, -0.05) is 0 Å². The molecular weight excluding hydrogens is 344 g/mol. The summed E-state index contributed by atoms with van der Waals surface area (Å²) in [7, 11) is 0. The van der Waals surface area contributed by atoms with Crippen molar-refractivity contribution < 1.29 is 9.52 Å². The summed E-state index contributed by atoms with van der Waals surface area (Å²) in [5.41, 5.74) is 2.37. The molecule has 0 aliphatic rings. The van der Waals surface area contributed by atoms with Crippen LogP contribution in [0.4, 0.5) is 0 Å². The van der Waals surface area contributed by atoms with Gasteiger partial charge in [-0.25, -0.2) is 14.8 Å². The summed E-state index contributed by atoms with van der Waals surface area (Å²) in [5, 5.41) is 13.5. The molecule has 24 heavy (non-hydrogen) atoms. The second kappa shape index (κ2) is 5.92. The van der Waals surface area contributed by atoms with Gasteiger partial charge in [0.05, 0.1) is 10.2 Å². The van der Waals surface area contributed by atoms with Gasteiger partial charge in [0.1, 0.15) is 22.7 Å². The monoisotopic (exact) mass is 356 g/mol. The summed E-state index contributed by atoms with van der Waals surface area (Å²) in [6, 6.07) is 6.86. The predicted octanol–water partition coefficient (Wildman–Crippen LogP) is 4.10. The Morgan fingerprint density at radius 3 is 3.04 bits per heavy atom. The van der Waals surface area contributed by atoms with Gasteiger partial charge in [0.25, 0.3) is 0 Å². The highest BCUT2D eigenvalue weighted by Gasteiger charge is 2.12. The number of phenolic OH excluding ortho intramolecular Hbond substituents is 1. The summed E-state index contributed by atoms with van der Waals surface area (Å²) >= 11 is 3.16. The molecule has 0 unspecified atom stereocenters. The molecule has 0 atom stereocenters. The van der Waals surface area contributed by atoms with Gasteiger partial charge in [0.15, 0.2) is 0 Å². The van der Waals surface area contributed by atoms with E-state index in [9.17, 15) is 9.90 Å². The van der Waals surface area contributed by atoms with Crippen LogP contribution in [0.25, 0.3) is 21.2 Å². The number of phenols is 1. The van der Waals surface area contributed by atoms with Crippen molar-refractivity contribution in [2.24, 2.45) is 0 Å². The van der Waals surface area contributed by atoms with Crippen LogP contribution >= 0.6 is 23.1 Å². The van der Waals surface area contributed by atoms with Gasteiger partial charge in [-0.15, -0.1) is 23.1 Å². The summed E-state index contributed by atoms with van der Waals surface area (Å²) in [5.74, 6) is 0.697. The third kappa shape index (κ3) is 2.55. The number of nitrogens with zero attached hydrogens (tertiary/aromatic N) is 2. The average Bonchev–Trinajstić information content (AvgIpc) is 3.05. The second-order valence-electron chi connectivity index (χ2n) is 5.28. The lowest BCUT2D eigenvalue weighted by Crippen LogP contribution is -2.01. The number of aromatic hydroxyl groups is 1. The van der Waals surface area contributed by atoms with Crippen molar-refractivity contribution in [2.45, 2.75) is 17.7 Å². The molecular formula is C17H12N2O3S2. The summed E-state index contributed by atoms with van der Waals surface area (Å²) in [4.78, 5) is 20.5. The molecule has 0 aliphatic heterocycles. The molecule has 0 saturated carbocycles. The van der Waals surface area contributed by atoms with Gasteiger partial charge >= 0.3 is 5.63 Å². The largest absolute Gasteiger partial charge is 0.508 e. The molecule has 0 bridgehead atoms.